The van der Waals surface area contributed by atoms with E-state index in [9.17, 15) is 4.79 Å². The molecule has 0 N–H and O–H groups in total. The quantitative estimate of drug-likeness (QED) is 0.735. The van der Waals surface area contributed by atoms with E-state index < -0.39 is 0 Å². The lowest BCUT2D eigenvalue weighted by atomic mass is 10.00. The minimum atomic E-state index is -0.112. The molecule has 2 heterocycles. The SMILES string of the molecule is COc1ccccc1-c1cc(C(=O)N2CCc3ccccc3C2)no1. The van der Waals surface area contributed by atoms with Gasteiger partial charge in [0.2, 0.25) is 0 Å². The number of aromatic nitrogens is 1. The fourth-order valence-corrected chi connectivity index (χ4v) is 3.18. The molecule has 0 spiro atoms. The molecule has 0 unspecified atom stereocenters. The molecule has 4 rings (SSSR count). The van der Waals surface area contributed by atoms with E-state index in [0.717, 1.165) is 12.0 Å². The molecule has 3 aromatic rings. The number of ether oxygens (including phenoxy) is 1. The monoisotopic (exact) mass is 334 g/mol. The van der Waals surface area contributed by atoms with Crippen LogP contribution in [-0.4, -0.2) is 29.6 Å². The molecule has 0 saturated carbocycles. The molecule has 1 aliphatic heterocycles. The number of para-hydroxylation sites is 1. The molecule has 0 bridgehead atoms. The Morgan fingerprint density at radius 3 is 2.72 bits per heavy atom. The largest absolute Gasteiger partial charge is 0.496 e. The van der Waals surface area contributed by atoms with Gasteiger partial charge in [0.1, 0.15) is 5.75 Å². The number of carbonyl (C=O) groups excluding carboxylic acids is 1. The van der Waals surface area contributed by atoms with Crippen molar-refractivity contribution in [2.75, 3.05) is 13.7 Å². The normalized spacial score (nSPS) is 13.4. The molecule has 1 aliphatic rings. The molecule has 1 aromatic heterocycles. The highest BCUT2D eigenvalue weighted by Crippen LogP contribution is 2.30. The van der Waals surface area contributed by atoms with E-state index in [0.29, 0.717) is 30.3 Å². The average molecular weight is 334 g/mol. The Morgan fingerprint density at radius 1 is 1.12 bits per heavy atom. The second-order valence-electron chi connectivity index (χ2n) is 6.02. The van der Waals surface area contributed by atoms with Crippen molar-refractivity contribution in [1.29, 1.82) is 0 Å². The molecule has 0 saturated heterocycles. The van der Waals surface area contributed by atoms with Crippen LogP contribution in [0.4, 0.5) is 0 Å². The van der Waals surface area contributed by atoms with Crippen LogP contribution >= 0.6 is 0 Å². The number of hydrogen-bond donors (Lipinski definition) is 0. The first-order valence-corrected chi connectivity index (χ1v) is 8.22. The molecule has 0 atom stereocenters. The van der Waals surface area contributed by atoms with Gasteiger partial charge in [0.25, 0.3) is 5.91 Å². The van der Waals surface area contributed by atoms with Crippen molar-refractivity contribution >= 4 is 5.91 Å². The number of fused-ring (bicyclic) bond motifs is 1. The number of rotatable bonds is 3. The molecule has 1 amide bonds. The van der Waals surface area contributed by atoms with Gasteiger partial charge in [0.15, 0.2) is 11.5 Å². The molecule has 126 valence electrons. The third kappa shape index (κ3) is 2.89. The smallest absolute Gasteiger partial charge is 0.276 e. The highest BCUT2D eigenvalue weighted by atomic mass is 16.5. The summed E-state index contributed by atoms with van der Waals surface area (Å²) in [6.07, 6.45) is 0.860. The maximum Gasteiger partial charge on any atom is 0.276 e. The fourth-order valence-electron chi connectivity index (χ4n) is 3.18. The zero-order valence-corrected chi connectivity index (χ0v) is 13.9. The van der Waals surface area contributed by atoms with Gasteiger partial charge in [0, 0.05) is 19.2 Å². The van der Waals surface area contributed by atoms with Crippen molar-refractivity contribution in [3.8, 4) is 17.1 Å². The Kier molecular flexibility index (Phi) is 3.98. The van der Waals surface area contributed by atoms with Crippen molar-refractivity contribution in [2.45, 2.75) is 13.0 Å². The van der Waals surface area contributed by atoms with Gasteiger partial charge >= 0.3 is 0 Å². The molecule has 5 heteroatoms. The predicted molar refractivity (Wildman–Crippen MR) is 93.4 cm³/mol. The second-order valence-corrected chi connectivity index (χ2v) is 6.02. The van der Waals surface area contributed by atoms with Crippen LogP contribution in [0, 0.1) is 0 Å². The van der Waals surface area contributed by atoms with E-state index in [-0.39, 0.29) is 5.91 Å². The van der Waals surface area contributed by atoms with Crippen LogP contribution in [0.5, 0.6) is 5.75 Å². The highest BCUT2D eigenvalue weighted by molar-refractivity contribution is 5.93. The Bertz CT molecular complexity index is 917. The maximum atomic E-state index is 12.8. The summed E-state index contributed by atoms with van der Waals surface area (Å²) in [7, 11) is 1.60. The summed E-state index contributed by atoms with van der Waals surface area (Å²) in [5, 5.41) is 3.98. The van der Waals surface area contributed by atoms with E-state index in [1.54, 1.807) is 13.2 Å². The van der Waals surface area contributed by atoms with Gasteiger partial charge in [-0.2, -0.15) is 0 Å². The summed E-state index contributed by atoms with van der Waals surface area (Å²) in [5.74, 6) is 1.10. The Balaban J connectivity index is 1.57. The van der Waals surface area contributed by atoms with Gasteiger partial charge in [-0.3, -0.25) is 4.79 Å². The average Bonchev–Trinajstić information content (AvgIpc) is 3.17. The molecular formula is C20H18N2O3. The Labute approximate surface area is 145 Å². The van der Waals surface area contributed by atoms with Gasteiger partial charge in [0.05, 0.1) is 12.7 Å². The molecule has 5 nitrogen and oxygen atoms in total. The number of nitrogens with zero attached hydrogens (tertiary/aromatic N) is 2. The Hall–Kier alpha value is -3.08. The number of hydrogen-bond acceptors (Lipinski definition) is 4. The lowest BCUT2D eigenvalue weighted by Crippen LogP contribution is -2.36. The lowest BCUT2D eigenvalue weighted by Gasteiger charge is -2.28. The number of carbonyl (C=O) groups is 1. The molecule has 0 aliphatic carbocycles. The maximum absolute atomic E-state index is 12.8. The minimum absolute atomic E-state index is 0.112. The lowest BCUT2D eigenvalue weighted by molar-refractivity contribution is 0.0724. The summed E-state index contributed by atoms with van der Waals surface area (Å²) in [6.45, 7) is 1.29. The van der Waals surface area contributed by atoms with E-state index in [1.807, 2.05) is 41.3 Å². The summed E-state index contributed by atoms with van der Waals surface area (Å²) in [4.78, 5) is 14.6. The predicted octanol–water partition coefficient (Wildman–Crippen LogP) is 3.55. The number of methoxy groups -OCH3 is 1. The van der Waals surface area contributed by atoms with Gasteiger partial charge < -0.3 is 14.2 Å². The molecule has 0 radical (unpaired) electrons. The van der Waals surface area contributed by atoms with Crippen molar-refractivity contribution < 1.29 is 14.1 Å². The zero-order chi connectivity index (χ0) is 17.2. The molecular weight excluding hydrogens is 316 g/mol. The van der Waals surface area contributed by atoms with E-state index in [2.05, 4.69) is 17.3 Å². The van der Waals surface area contributed by atoms with Crippen LogP contribution in [0.3, 0.4) is 0 Å². The second kappa shape index (κ2) is 6.43. The summed E-state index contributed by atoms with van der Waals surface area (Å²) >= 11 is 0. The van der Waals surface area contributed by atoms with Crippen LogP contribution in [0.15, 0.2) is 59.1 Å². The van der Waals surface area contributed by atoms with Gasteiger partial charge in [-0.15, -0.1) is 0 Å². The first-order valence-electron chi connectivity index (χ1n) is 8.22. The Morgan fingerprint density at radius 2 is 1.88 bits per heavy atom. The fraction of sp³-hybridized carbons (Fsp3) is 0.200. The van der Waals surface area contributed by atoms with Crippen molar-refractivity contribution in [2.24, 2.45) is 0 Å². The standard InChI is InChI=1S/C20H18N2O3/c1-24-18-9-5-4-8-16(18)19-12-17(21-25-19)20(23)22-11-10-14-6-2-3-7-15(14)13-22/h2-9,12H,10-11,13H2,1H3. The number of amides is 1. The van der Waals surface area contributed by atoms with E-state index in [4.69, 9.17) is 9.26 Å². The number of benzene rings is 2. The van der Waals surface area contributed by atoms with Crippen LogP contribution in [0.25, 0.3) is 11.3 Å². The van der Waals surface area contributed by atoms with Crippen LogP contribution < -0.4 is 4.74 Å². The molecule has 0 fully saturated rings. The third-order valence-electron chi connectivity index (χ3n) is 4.52. The highest BCUT2D eigenvalue weighted by Gasteiger charge is 2.24. The van der Waals surface area contributed by atoms with Gasteiger partial charge in [-0.1, -0.05) is 41.6 Å². The molecule has 25 heavy (non-hydrogen) atoms. The van der Waals surface area contributed by atoms with Crippen LogP contribution in [-0.2, 0) is 13.0 Å². The van der Waals surface area contributed by atoms with Crippen LogP contribution in [0.2, 0.25) is 0 Å². The van der Waals surface area contributed by atoms with E-state index >= 15 is 0 Å². The summed E-state index contributed by atoms with van der Waals surface area (Å²) < 4.78 is 10.7. The molecule has 2 aromatic carbocycles. The van der Waals surface area contributed by atoms with Crippen LogP contribution in [0.1, 0.15) is 21.6 Å². The van der Waals surface area contributed by atoms with Crippen molar-refractivity contribution in [1.82, 2.24) is 10.1 Å². The summed E-state index contributed by atoms with van der Waals surface area (Å²) in [6, 6.07) is 17.4. The van der Waals surface area contributed by atoms with Gasteiger partial charge in [-0.05, 0) is 29.7 Å². The van der Waals surface area contributed by atoms with Crippen molar-refractivity contribution in [3.05, 3.63) is 71.4 Å². The third-order valence-corrected chi connectivity index (χ3v) is 4.52. The minimum Gasteiger partial charge on any atom is -0.496 e. The topological polar surface area (TPSA) is 55.6 Å². The van der Waals surface area contributed by atoms with Gasteiger partial charge in [-0.25, -0.2) is 0 Å². The van der Waals surface area contributed by atoms with Crippen molar-refractivity contribution in [3.63, 3.8) is 0 Å². The van der Waals surface area contributed by atoms with E-state index in [1.165, 1.54) is 11.1 Å². The first-order chi connectivity index (χ1) is 12.3. The first kappa shape index (κ1) is 15.4. The summed E-state index contributed by atoms with van der Waals surface area (Å²) in [5.41, 5.74) is 3.60. The zero-order valence-electron chi connectivity index (χ0n) is 13.9.